The van der Waals surface area contributed by atoms with Crippen LogP contribution in [0.25, 0.3) is 0 Å². The highest BCUT2D eigenvalue weighted by atomic mass is 32.2. The van der Waals surface area contributed by atoms with E-state index in [1.54, 1.807) is 0 Å². The second kappa shape index (κ2) is 5.60. The van der Waals surface area contributed by atoms with Crippen molar-refractivity contribution in [3.8, 4) is 0 Å². The smallest absolute Gasteiger partial charge is 0.260 e. The van der Waals surface area contributed by atoms with E-state index in [1.807, 2.05) is 0 Å². The van der Waals surface area contributed by atoms with Gasteiger partial charge in [0.2, 0.25) is 0 Å². The molecule has 0 amide bonds. The fourth-order valence-corrected chi connectivity index (χ4v) is 3.12. The van der Waals surface area contributed by atoms with E-state index in [2.05, 4.69) is 25.0 Å². The summed E-state index contributed by atoms with van der Waals surface area (Å²) in [5, 5.41) is 0. The van der Waals surface area contributed by atoms with Crippen LogP contribution >= 0.6 is 0 Å². The molecule has 0 radical (unpaired) electrons. The van der Waals surface area contributed by atoms with Crippen molar-refractivity contribution in [2.24, 2.45) is 11.3 Å². The lowest BCUT2D eigenvalue weighted by molar-refractivity contribution is -0.0597. The molecule has 1 saturated carbocycles. The zero-order chi connectivity index (χ0) is 14.9. The first-order valence-corrected chi connectivity index (χ1v) is 7.90. The summed E-state index contributed by atoms with van der Waals surface area (Å²) >= 11 is 0. The maximum Gasteiger partial charge on any atom is 0.523 e. The van der Waals surface area contributed by atoms with Crippen molar-refractivity contribution in [1.82, 2.24) is 0 Å². The third-order valence-electron chi connectivity index (χ3n) is 4.24. The molecule has 0 heterocycles. The highest BCUT2D eigenvalue weighted by Crippen LogP contribution is 2.41. The van der Waals surface area contributed by atoms with E-state index >= 15 is 0 Å². The molecule has 3 nitrogen and oxygen atoms in total. The molecule has 19 heavy (non-hydrogen) atoms. The van der Waals surface area contributed by atoms with Gasteiger partial charge in [0.1, 0.15) is 0 Å². The molecule has 0 bridgehead atoms. The predicted molar refractivity (Wildman–Crippen MR) is 65.9 cm³/mol. The maximum atomic E-state index is 12.2. The van der Waals surface area contributed by atoms with Crippen molar-refractivity contribution in [2.75, 3.05) is 0 Å². The molecule has 114 valence electrons. The number of halogens is 3. The Morgan fingerprint density at radius 2 is 1.58 bits per heavy atom. The fourth-order valence-electron chi connectivity index (χ4n) is 2.46. The van der Waals surface area contributed by atoms with E-state index in [-0.39, 0.29) is 5.41 Å². The van der Waals surface area contributed by atoms with E-state index < -0.39 is 21.7 Å². The first-order valence-electron chi connectivity index (χ1n) is 6.49. The van der Waals surface area contributed by atoms with E-state index in [0.29, 0.717) is 31.6 Å². The molecular formula is C12H21F3O3S. The van der Waals surface area contributed by atoms with Crippen LogP contribution in [0, 0.1) is 11.3 Å². The molecular weight excluding hydrogens is 281 g/mol. The summed E-state index contributed by atoms with van der Waals surface area (Å²) in [6.07, 6.45) is 2.30. The topological polar surface area (TPSA) is 43.4 Å². The molecule has 1 aliphatic carbocycles. The van der Waals surface area contributed by atoms with Gasteiger partial charge in [-0.15, -0.1) is 0 Å². The van der Waals surface area contributed by atoms with Gasteiger partial charge in [-0.1, -0.05) is 27.2 Å². The molecule has 0 saturated heterocycles. The summed E-state index contributed by atoms with van der Waals surface area (Å²) < 4.78 is 62.7. The van der Waals surface area contributed by atoms with Crippen LogP contribution in [0.4, 0.5) is 13.2 Å². The third kappa shape index (κ3) is 4.08. The molecule has 0 aromatic heterocycles. The Labute approximate surface area is 112 Å². The van der Waals surface area contributed by atoms with Crippen molar-refractivity contribution < 1.29 is 25.8 Å². The van der Waals surface area contributed by atoms with Gasteiger partial charge in [-0.3, -0.25) is 4.18 Å². The highest BCUT2D eigenvalue weighted by Gasteiger charge is 2.49. The molecule has 0 aliphatic heterocycles. The van der Waals surface area contributed by atoms with Crippen molar-refractivity contribution in [3.63, 3.8) is 0 Å². The van der Waals surface area contributed by atoms with Crippen LogP contribution < -0.4 is 0 Å². The molecule has 0 N–H and O–H groups in total. The fraction of sp³-hybridized carbons (Fsp3) is 1.00. The normalized spacial score (nSPS) is 26.4. The SMILES string of the molecule is CCC(C)(C)C1CCC(OS(=O)(=O)C(F)(F)F)CC1. The van der Waals surface area contributed by atoms with Gasteiger partial charge in [0, 0.05) is 0 Å². The summed E-state index contributed by atoms with van der Waals surface area (Å²) in [6, 6.07) is 0. The van der Waals surface area contributed by atoms with E-state index in [4.69, 9.17) is 0 Å². The maximum absolute atomic E-state index is 12.2. The largest absolute Gasteiger partial charge is 0.523 e. The average Bonchev–Trinajstić information content (AvgIpc) is 2.27. The van der Waals surface area contributed by atoms with Crippen molar-refractivity contribution in [3.05, 3.63) is 0 Å². The zero-order valence-corrected chi connectivity index (χ0v) is 12.3. The molecule has 0 unspecified atom stereocenters. The zero-order valence-electron chi connectivity index (χ0n) is 11.5. The van der Waals surface area contributed by atoms with Gasteiger partial charge in [0.25, 0.3) is 0 Å². The van der Waals surface area contributed by atoms with Gasteiger partial charge in [0.15, 0.2) is 0 Å². The molecule has 0 spiro atoms. The Morgan fingerprint density at radius 1 is 1.11 bits per heavy atom. The van der Waals surface area contributed by atoms with Crippen LogP contribution in [0.2, 0.25) is 0 Å². The van der Waals surface area contributed by atoms with Gasteiger partial charge in [0.05, 0.1) is 6.10 Å². The Hall–Kier alpha value is -0.300. The van der Waals surface area contributed by atoms with Crippen molar-refractivity contribution in [1.29, 1.82) is 0 Å². The van der Waals surface area contributed by atoms with Gasteiger partial charge in [-0.2, -0.15) is 21.6 Å². The quantitative estimate of drug-likeness (QED) is 0.585. The van der Waals surface area contributed by atoms with Gasteiger partial charge in [-0.05, 0) is 37.0 Å². The molecule has 7 heteroatoms. The standard InChI is InChI=1S/C12H21F3O3S/c1-4-11(2,3)9-5-7-10(8-6-9)18-19(16,17)12(13,14)15/h9-10H,4-8H2,1-3H3. The van der Waals surface area contributed by atoms with Crippen LogP contribution in [-0.2, 0) is 14.3 Å². The summed E-state index contributed by atoms with van der Waals surface area (Å²) in [5.41, 5.74) is -5.19. The number of hydrogen-bond acceptors (Lipinski definition) is 3. The second-order valence-electron chi connectivity index (χ2n) is 5.81. The van der Waals surface area contributed by atoms with Crippen LogP contribution in [0.15, 0.2) is 0 Å². The minimum absolute atomic E-state index is 0.133. The lowest BCUT2D eigenvalue weighted by atomic mass is 9.69. The Morgan fingerprint density at radius 3 is 1.95 bits per heavy atom. The molecule has 1 fully saturated rings. The lowest BCUT2D eigenvalue weighted by Crippen LogP contribution is -2.35. The van der Waals surface area contributed by atoms with Gasteiger partial charge in [-0.25, -0.2) is 0 Å². The Kier molecular flexibility index (Phi) is 4.93. The first kappa shape index (κ1) is 16.8. The summed E-state index contributed by atoms with van der Waals surface area (Å²) in [7, 11) is -5.46. The number of alkyl halides is 3. The molecule has 1 rings (SSSR count). The first-order chi connectivity index (χ1) is 8.49. The molecule has 0 aromatic carbocycles. The summed E-state index contributed by atoms with van der Waals surface area (Å²) in [4.78, 5) is 0. The summed E-state index contributed by atoms with van der Waals surface area (Å²) in [5.74, 6) is 0.408. The minimum atomic E-state index is -5.46. The van der Waals surface area contributed by atoms with E-state index in [9.17, 15) is 21.6 Å². The monoisotopic (exact) mass is 302 g/mol. The summed E-state index contributed by atoms with van der Waals surface area (Å²) in [6.45, 7) is 6.34. The molecule has 0 aromatic rings. The van der Waals surface area contributed by atoms with E-state index in [1.165, 1.54) is 0 Å². The Balaban J connectivity index is 2.57. The lowest BCUT2D eigenvalue weighted by Gasteiger charge is -2.38. The molecule has 1 aliphatic rings. The van der Waals surface area contributed by atoms with Crippen LogP contribution in [-0.4, -0.2) is 20.0 Å². The number of hydrogen-bond donors (Lipinski definition) is 0. The predicted octanol–water partition coefficient (Wildman–Crippen LogP) is 3.85. The third-order valence-corrected chi connectivity index (χ3v) is 5.33. The molecule has 0 atom stereocenters. The number of rotatable bonds is 4. The average molecular weight is 302 g/mol. The highest BCUT2D eigenvalue weighted by molar-refractivity contribution is 7.87. The van der Waals surface area contributed by atoms with Gasteiger partial charge < -0.3 is 0 Å². The van der Waals surface area contributed by atoms with Crippen molar-refractivity contribution in [2.45, 2.75) is 64.5 Å². The van der Waals surface area contributed by atoms with E-state index in [0.717, 1.165) is 6.42 Å². The van der Waals surface area contributed by atoms with Crippen molar-refractivity contribution >= 4 is 10.1 Å². The van der Waals surface area contributed by atoms with Crippen LogP contribution in [0.3, 0.4) is 0 Å². The van der Waals surface area contributed by atoms with Gasteiger partial charge >= 0.3 is 15.6 Å². The minimum Gasteiger partial charge on any atom is -0.260 e. The van der Waals surface area contributed by atoms with Crippen LogP contribution in [0.1, 0.15) is 52.9 Å². The second-order valence-corrected chi connectivity index (χ2v) is 7.38. The van der Waals surface area contributed by atoms with Crippen LogP contribution in [0.5, 0.6) is 0 Å². The Bertz CT molecular complexity index is 393.